The van der Waals surface area contributed by atoms with E-state index in [1.165, 1.54) is 17.2 Å². The number of hydrogen-bond acceptors (Lipinski definition) is 5. The highest BCUT2D eigenvalue weighted by molar-refractivity contribution is 5.83. The van der Waals surface area contributed by atoms with Crippen molar-refractivity contribution in [1.29, 1.82) is 0 Å². The fourth-order valence-electron chi connectivity index (χ4n) is 7.97. The first-order chi connectivity index (χ1) is 23.0. The topological polar surface area (TPSA) is 59.1 Å². The van der Waals surface area contributed by atoms with Crippen LogP contribution in [0.5, 0.6) is 5.75 Å². The van der Waals surface area contributed by atoms with Crippen molar-refractivity contribution >= 4 is 11.9 Å². The monoisotopic (exact) mass is 662 g/mol. The lowest BCUT2D eigenvalue weighted by atomic mass is 9.74. The van der Waals surface area contributed by atoms with E-state index in [1.54, 1.807) is 4.90 Å². The van der Waals surface area contributed by atoms with Crippen molar-refractivity contribution in [1.82, 2.24) is 9.80 Å². The number of aryl methyl sites for hydroxylation is 1. The predicted octanol–water partition coefficient (Wildman–Crippen LogP) is 8.13. The maximum absolute atomic E-state index is 14.2. The number of piperidine rings is 1. The number of fused-ring (bicyclic) bond motifs is 1. The zero-order chi connectivity index (χ0) is 33.9. The summed E-state index contributed by atoms with van der Waals surface area (Å²) in [5, 5.41) is 0. The largest absolute Gasteiger partial charge is 0.473 e. The van der Waals surface area contributed by atoms with Crippen LogP contribution in [0.15, 0.2) is 72.8 Å². The van der Waals surface area contributed by atoms with E-state index in [-0.39, 0.29) is 43.7 Å². The highest BCUT2D eigenvalue weighted by atomic mass is 19.4. The maximum atomic E-state index is 14.2. The summed E-state index contributed by atoms with van der Waals surface area (Å²) in [7, 11) is 0. The summed E-state index contributed by atoms with van der Waals surface area (Å²) < 4.78 is 51.4. The number of rotatable bonds is 9. The Morgan fingerprint density at radius 3 is 2.44 bits per heavy atom. The number of carbonyl (C=O) groups is 2. The van der Waals surface area contributed by atoms with E-state index in [1.807, 2.05) is 36.4 Å². The molecule has 3 aliphatic rings. The second-order valence-electron chi connectivity index (χ2n) is 14.0. The average Bonchev–Trinajstić information content (AvgIpc) is 3.56. The molecule has 1 saturated carbocycles. The van der Waals surface area contributed by atoms with Crippen LogP contribution in [0, 0.1) is 11.3 Å². The van der Waals surface area contributed by atoms with E-state index in [4.69, 9.17) is 9.47 Å². The van der Waals surface area contributed by atoms with E-state index in [2.05, 4.69) is 36.9 Å². The van der Waals surface area contributed by atoms with Crippen molar-refractivity contribution in [2.75, 3.05) is 19.8 Å². The van der Waals surface area contributed by atoms with Crippen molar-refractivity contribution in [3.63, 3.8) is 0 Å². The molecular weight excluding hydrogens is 617 g/mol. The Balaban J connectivity index is 1.04. The van der Waals surface area contributed by atoms with Crippen LogP contribution < -0.4 is 4.74 Å². The van der Waals surface area contributed by atoms with Crippen LogP contribution in [-0.2, 0) is 40.1 Å². The molecule has 2 aliphatic heterocycles. The first-order valence-corrected chi connectivity index (χ1v) is 17.2. The van der Waals surface area contributed by atoms with Crippen LogP contribution in [-0.4, -0.2) is 47.5 Å². The molecule has 0 spiro atoms. The molecule has 2 atom stereocenters. The first kappa shape index (κ1) is 34.0. The summed E-state index contributed by atoms with van der Waals surface area (Å²) in [6, 6.07) is 21.9. The van der Waals surface area contributed by atoms with Crippen LogP contribution in [0.4, 0.5) is 13.2 Å². The van der Waals surface area contributed by atoms with Gasteiger partial charge in [0.15, 0.2) is 6.73 Å². The van der Waals surface area contributed by atoms with Crippen molar-refractivity contribution in [3.05, 3.63) is 101 Å². The van der Waals surface area contributed by atoms with E-state index < -0.39 is 17.2 Å². The van der Waals surface area contributed by atoms with Gasteiger partial charge in [-0.15, -0.1) is 0 Å². The van der Waals surface area contributed by atoms with Gasteiger partial charge >= 0.3 is 12.1 Å². The van der Waals surface area contributed by atoms with E-state index in [0.717, 1.165) is 62.9 Å². The molecular formula is C39H45F3N2O4. The third-order valence-corrected chi connectivity index (χ3v) is 10.8. The second-order valence-corrected chi connectivity index (χ2v) is 14.0. The van der Waals surface area contributed by atoms with Crippen LogP contribution in [0.1, 0.15) is 86.1 Å². The Morgan fingerprint density at radius 2 is 1.71 bits per heavy atom. The van der Waals surface area contributed by atoms with Crippen LogP contribution in [0.25, 0.3) is 0 Å². The molecule has 0 unspecified atom stereocenters. The van der Waals surface area contributed by atoms with Gasteiger partial charge < -0.3 is 19.3 Å². The van der Waals surface area contributed by atoms with Crippen LogP contribution >= 0.6 is 0 Å². The molecule has 0 bridgehead atoms. The molecule has 3 aromatic rings. The Hall–Kier alpha value is -3.85. The number of ether oxygens (including phenoxy) is 2. The summed E-state index contributed by atoms with van der Waals surface area (Å²) >= 11 is 0. The van der Waals surface area contributed by atoms with Gasteiger partial charge in [0.1, 0.15) is 12.4 Å². The Labute approximate surface area is 281 Å². The second kappa shape index (κ2) is 14.3. The van der Waals surface area contributed by atoms with Gasteiger partial charge in [-0.25, -0.2) is 0 Å². The van der Waals surface area contributed by atoms with Gasteiger partial charge in [-0.1, -0.05) is 68.4 Å². The molecule has 2 fully saturated rings. The zero-order valence-corrected chi connectivity index (χ0v) is 27.8. The number of esters is 1. The van der Waals surface area contributed by atoms with Crippen LogP contribution in [0.2, 0.25) is 0 Å². The highest BCUT2D eigenvalue weighted by Crippen LogP contribution is 2.49. The summed E-state index contributed by atoms with van der Waals surface area (Å²) in [6.07, 6.45) is 0.955. The molecule has 0 N–H and O–H groups in total. The van der Waals surface area contributed by atoms with Crippen molar-refractivity contribution in [2.45, 2.75) is 90.1 Å². The third-order valence-electron chi connectivity index (χ3n) is 10.8. The number of benzene rings is 3. The first-order valence-electron chi connectivity index (χ1n) is 17.2. The summed E-state index contributed by atoms with van der Waals surface area (Å²) in [5.74, 6) is 0.681. The van der Waals surface area contributed by atoms with Crippen molar-refractivity contribution in [3.8, 4) is 5.75 Å². The highest BCUT2D eigenvalue weighted by Gasteiger charge is 2.51. The standard InChI is InChI=1S/C39H45F3N2O4/c1-27(2)38(37(46)44-24-31-22-32(39(40,41)42)13-14-35(31)48-26-44)19-16-33(23-38)43-20-17-30(18-21-43)34-11-7-6-10-29(34)12-15-36(45)47-25-28-8-4-3-5-9-28/h3-11,13-14,22,27,30,33H,12,15-21,23-26H2,1-2H3/t33-,38+/m1/s1. The van der Waals surface area contributed by atoms with Gasteiger partial charge in [0.2, 0.25) is 5.91 Å². The lowest BCUT2D eigenvalue weighted by Gasteiger charge is -2.41. The number of hydrogen-bond donors (Lipinski definition) is 0. The number of alkyl halides is 3. The molecule has 1 aliphatic carbocycles. The predicted molar refractivity (Wildman–Crippen MR) is 177 cm³/mol. The van der Waals surface area contributed by atoms with Gasteiger partial charge in [-0.3, -0.25) is 9.59 Å². The lowest BCUT2D eigenvalue weighted by Crippen LogP contribution is -2.49. The summed E-state index contributed by atoms with van der Waals surface area (Å²) in [4.78, 5) is 30.8. The maximum Gasteiger partial charge on any atom is 0.416 e. The molecule has 6 nitrogen and oxygen atoms in total. The van der Waals surface area contributed by atoms with Gasteiger partial charge in [-0.2, -0.15) is 13.2 Å². The summed E-state index contributed by atoms with van der Waals surface area (Å²) in [5.41, 5.74) is 2.57. The normalized spacial score (nSPS) is 22.0. The van der Waals surface area contributed by atoms with Gasteiger partial charge in [-0.05, 0) is 98.3 Å². The minimum absolute atomic E-state index is 0.0193. The average molecular weight is 663 g/mol. The minimum Gasteiger partial charge on any atom is -0.473 e. The third kappa shape index (κ3) is 7.41. The SMILES string of the molecule is CC(C)[C@]1(C(=O)N2COc3ccc(C(F)(F)F)cc3C2)CC[C@@H](N2CCC(c3ccccc3CCC(=O)OCc3ccccc3)CC2)C1. The Bertz CT molecular complexity index is 1590. The smallest absolute Gasteiger partial charge is 0.416 e. The number of carbonyl (C=O) groups excluding carboxylic acids is 2. The Kier molecular flexibility index (Phi) is 10.2. The van der Waals surface area contributed by atoms with Crippen molar-refractivity contribution < 1.29 is 32.2 Å². The summed E-state index contributed by atoms with van der Waals surface area (Å²) in [6.45, 7) is 6.49. The molecule has 1 amide bonds. The molecule has 2 heterocycles. The zero-order valence-electron chi connectivity index (χ0n) is 27.8. The van der Waals surface area contributed by atoms with E-state index in [9.17, 15) is 22.8 Å². The number of likely N-dealkylation sites (tertiary alicyclic amines) is 1. The number of halogens is 3. The molecule has 0 radical (unpaired) electrons. The number of amides is 1. The molecule has 48 heavy (non-hydrogen) atoms. The number of nitrogens with zero attached hydrogens (tertiary/aromatic N) is 2. The van der Waals surface area contributed by atoms with Gasteiger partial charge in [0, 0.05) is 18.0 Å². The molecule has 1 saturated heterocycles. The van der Waals surface area contributed by atoms with E-state index in [0.29, 0.717) is 30.1 Å². The van der Waals surface area contributed by atoms with Gasteiger partial charge in [0.05, 0.1) is 17.5 Å². The fraction of sp³-hybridized carbons (Fsp3) is 0.487. The Morgan fingerprint density at radius 1 is 0.979 bits per heavy atom. The van der Waals surface area contributed by atoms with Crippen LogP contribution in [0.3, 0.4) is 0 Å². The minimum atomic E-state index is -4.45. The molecule has 256 valence electrons. The lowest BCUT2D eigenvalue weighted by molar-refractivity contribution is -0.150. The quantitative estimate of drug-likeness (QED) is 0.217. The molecule has 6 rings (SSSR count). The van der Waals surface area contributed by atoms with Gasteiger partial charge in [0.25, 0.3) is 0 Å². The molecule has 3 aromatic carbocycles. The molecule has 9 heteroatoms. The molecule has 0 aromatic heterocycles. The van der Waals surface area contributed by atoms with E-state index >= 15 is 0 Å². The fourth-order valence-corrected chi connectivity index (χ4v) is 7.97. The van der Waals surface area contributed by atoms with Crippen molar-refractivity contribution in [2.24, 2.45) is 11.3 Å².